The van der Waals surface area contributed by atoms with E-state index < -0.39 is 29.6 Å². The number of rotatable bonds is 4. The molecule has 62 valence electrons. The van der Waals surface area contributed by atoms with E-state index in [1.165, 1.54) is 0 Å². The fraction of sp³-hybridized carbons (Fsp3) is 1.00. The van der Waals surface area contributed by atoms with Crippen molar-refractivity contribution < 1.29 is 74.6 Å². The molecule has 0 saturated heterocycles. The van der Waals surface area contributed by atoms with Gasteiger partial charge in [-0.2, -0.15) is 0 Å². The Morgan fingerprint density at radius 2 is 1.64 bits per heavy atom. The summed E-state index contributed by atoms with van der Waals surface area (Å²) in [6.07, 6.45) is 0. The van der Waals surface area contributed by atoms with Gasteiger partial charge in [-0.1, -0.05) is 6.04 Å². The molecule has 8 heteroatoms. The van der Waals surface area contributed by atoms with Gasteiger partial charge in [-0.15, -0.1) is 0 Å². The Kier molecular flexibility index (Phi) is 9.35. The van der Waals surface area contributed by atoms with E-state index in [9.17, 15) is 8.42 Å². The van der Waals surface area contributed by atoms with Crippen molar-refractivity contribution in [2.75, 3.05) is 13.2 Å². The van der Waals surface area contributed by atoms with E-state index in [1.54, 1.807) is 0 Å². The third-order valence-electron chi connectivity index (χ3n) is 0.704. The Morgan fingerprint density at radius 3 is 1.73 bits per heavy atom. The fourth-order valence-corrected chi connectivity index (χ4v) is 0.823. The molecular weight excluding hydrogens is 201 g/mol. The average molecular weight is 209 g/mol. The monoisotopic (exact) mass is 209 g/mol. The maximum absolute atomic E-state index is 9.93. The smallest absolute Gasteiger partial charge is 0.518 e. The molecule has 0 aromatic rings. The molecule has 0 aromatic heterocycles. The van der Waals surface area contributed by atoms with Crippen molar-refractivity contribution in [1.82, 2.24) is 0 Å². The van der Waals surface area contributed by atoms with Crippen LogP contribution in [0.4, 0.5) is 0 Å². The van der Waals surface area contributed by atoms with Crippen LogP contribution < -0.4 is 51.4 Å². The van der Waals surface area contributed by atoms with E-state index in [0.717, 1.165) is 0 Å². The summed E-state index contributed by atoms with van der Waals surface area (Å²) in [5.41, 5.74) is 0. The molecule has 0 aromatic carbocycles. The van der Waals surface area contributed by atoms with E-state index in [2.05, 4.69) is 4.72 Å². The van der Waals surface area contributed by atoms with Gasteiger partial charge in [-0.05, 0) is 0 Å². The van der Waals surface area contributed by atoms with Crippen LogP contribution in [-0.2, 0) is 10.3 Å². The first-order chi connectivity index (χ1) is 4.49. The third kappa shape index (κ3) is 9.34. The van der Waals surface area contributed by atoms with Gasteiger partial charge in [0.1, 0.15) is 0 Å². The predicted octanol–water partition coefficient (Wildman–Crippen LogP) is -4.48. The summed E-state index contributed by atoms with van der Waals surface area (Å²) in [4.78, 5) is 0. The van der Waals surface area contributed by atoms with E-state index in [-0.39, 0.29) is 51.4 Å². The molecule has 3 N–H and O–H groups in total. The van der Waals surface area contributed by atoms with E-state index in [4.69, 9.17) is 14.8 Å². The Hall–Kier alpha value is 1.43. The molecule has 11 heavy (non-hydrogen) atoms. The molecule has 0 fully saturated rings. The van der Waals surface area contributed by atoms with Crippen LogP contribution >= 0.6 is 0 Å². The first-order valence-corrected chi connectivity index (χ1v) is 3.80. The maximum atomic E-state index is 9.93. The van der Waals surface area contributed by atoms with E-state index in [0.29, 0.717) is 0 Å². The first kappa shape index (κ1) is 14.9. The van der Waals surface area contributed by atoms with Gasteiger partial charge in [0.25, 0.3) is 0 Å². The molecule has 0 saturated carbocycles. The predicted molar refractivity (Wildman–Crippen MR) is 32.9 cm³/mol. The van der Waals surface area contributed by atoms with E-state index in [1.807, 2.05) is 0 Å². The number of hydrogen-bond acceptors (Lipinski definition) is 4. The van der Waals surface area contributed by atoms with Crippen LogP contribution in [0.2, 0.25) is 0 Å². The third-order valence-corrected chi connectivity index (χ3v) is 1.27. The largest absolute Gasteiger partial charge is 1.00 e. The zero-order valence-electron chi connectivity index (χ0n) is 6.01. The van der Waals surface area contributed by atoms with Crippen LogP contribution in [0.15, 0.2) is 0 Å². The Balaban J connectivity index is 0. The molecule has 0 aliphatic heterocycles. The van der Waals surface area contributed by atoms with Crippen molar-refractivity contribution in [3.63, 3.8) is 0 Å². The fourth-order valence-electron chi connectivity index (χ4n) is 0.313. The van der Waals surface area contributed by atoms with Crippen molar-refractivity contribution in [3.8, 4) is 0 Å². The Morgan fingerprint density at radius 1 is 1.27 bits per heavy atom. The Labute approximate surface area is 107 Å². The minimum Gasteiger partial charge on any atom is -0.518 e. The van der Waals surface area contributed by atoms with Crippen molar-refractivity contribution in [3.05, 3.63) is 4.72 Å². The normalized spacial score (nSPS) is 11.3. The van der Waals surface area contributed by atoms with Crippen LogP contribution in [0.25, 0.3) is 4.72 Å². The number of hydrogen-bond donors (Lipinski definition) is 3. The molecule has 0 atom stereocenters. The second-order valence-corrected chi connectivity index (χ2v) is 2.68. The molecule has 6 nitrogen and oxygen atoms in total. The van der Waals surface area contributed by atoms with Crippen LogP contribution in [0.5, 0.6) is 0 Å². The zero-order valence-corrected chi connectivity index (χ0v) is 9.94. The SMILES string of the molecule is O=S(=O)(O)[N-]C(CO)CO.[K+]. The standard InChI is InChI=1S/C3H8NO5S.K/c5-1-3(2-6)4-10(7,8)9;/h3,5-6H,1-2H2,(H,7,8,9);/q-1;+1. The summed E-state index contributed by atoms with van der Waals surface area (Å²) in [5.74, 6) is 0. The summed E-state index contributed by atoms with van der Waals surface area (Å²) >= 11 is 0. The molecule has 0 aliphatic carbocycles. The molecule has 0 bridgehead atoms. The van der Waals surface area contributed by atoms with E-state index >= 15 is 0 Å². The molecular formula is C3H8KNO5S. The van der Waals surface area contributed by atoms with Gasteiger partial charge in [-0.3, -0.25) is 4.55 Å². The van der Waals surface area contributed by atoms with Crippen LogP contribution in [0.3, 0.4) is 0 Å². The number of aliphatic hydroxyl groups excluding tert-OH is 2. The quantitative estimate of drug-likeness (QED) is 0.319. The minimum absolute atomic E-state index is 0. The van der Waals surface area contributed by atoms with Crippen molar-refractivity contribution in [1.29, 1.82) is 0 Å². The summed E-state index contributed by atoms with van der Waals surface area (Å²) in [7, 11) is -4.44. The zero-order chi connectivity index (χ0) is 8.20. The maximum Gasteiger partial charge on any atom is 1.00 e. The summed E-state index contributed by atoms with van der Waals surface area (Å²) in [5, 5.41) is 16.5. The average Bonchev–Trinajstić information content (AvgIpc) is 1.81. The first-order valence-electron chi connectivity index (χ1n) is 2.41. The number of nitrogens with zero attached hydrogens (tertiary/aromatic N) is 1. The van der Waals surface area contributed by atoms with Crippen LogP contribution in [-0.4, -0.2) is 42.4 Å². The summed E-state index contributed by atoms with van der Waals surface area (Å²) in [6, 6.07) is -1.16. The molecule has 0 heterocycles. The van der Waals surface area contributed by atoms with Crippen LogP contribution in [0, 0.1) is 0 Å². The molecule has 0 spiro atoms. The van der Waals surface area contributed by atoms with Crippen molar-refractivity contribution >= 4 is 10.3 Å². The van der Waals surface area contributed by atoms with Gasteiger partial charge in [0.05, 0.1) is 0 Å². The van der Waals surface area contributed by atoms with Crippen LogP contribution in [0.1, 0.15) is 0 Å². The molecule has 0 amide bonds. The molecule has 0 radical (unpaired) electrons. The van der Waals surface area contributed by atoms with Gasteiger partial charge in [0, 0.05) is 13.2 Å². The molecule has 0 rings (SSSR count). The van der Waals surface area contributed by atoms with Gasteiger partial charge >= 0.3 is 51.4 Å². The summed E-state index contributed by atoms with van der Waals surface area (Å²) in [6.45, 7) is -1.23. The minimum atomic E-state index is -4.44. The van der Waals surface area contributed by atoms with Gasteiger partial charge in [0.15, 0.2) is 10.3 Å². The molecule has 0 aliphatic rings. The Bertz CT molecular complexity index is 176. The van der Waals surface area contributed by atoms with Gasteiger partial charge in [-0.25, -0.2) is 8.42 Å². The second-order valence-electron chi connectivity index (χ2n) is 1.57. The van der Waals surface area contributed by atoms with Crippen molar-refractivity contribution in [2.24, 2.45) is 0 Å². The van der Waals surface area contributed by atoms with Gasteiger partial charge < -0.3 is 14.9 Å². The number of aliphatic hydroxyl groups is 2. The second kappa shape index (κ2) is 6.89. The topological polar surface area (TPSA) is 109 Å². The van der Waals surface area contributed by atoms with Gasteiger partial charge in [0.2, 0.25) is 0 Å². The molecule has 0 unspecified atom stereocenters. The summed E-state index contributed by atoms with van der Waals surface area (Å²) < 4.78 is 30.6. The van der Waals surface area contributed by atoms with Crippen molar-refractivity contribution in [2.45, 2.75) is 6.04 Å².